The van der Waals surface area contributed by atoms with Gasteiger partial charge in [-0.15, -0.1) is 0 Å². The first-order valence-corrected chi connectivity index (χ1v) is 6.25. The van der Waals surface area contributed by atoms with Crippen LogP contribution >= 0.6 is 11.9 Å². The number of aromatic hydroxyl groups is 1. The molecule has 8 nitrogen and oxygen atoms in total. The van der Waals surface area contributed by atoms with Crippen molar-refractivity contribution in [1.29, 1.82) is 0 Å². The summed E-state index contributed by atoms with van der Waals surface area (Å²) in [5.41, 5.74) is -0.140. The zero-order valence-electron chi connectivity index (χ0n) is 9.94. The van der Waals surface area contributed by atoms with Crippen LogP contribution in [0.2, 0.25) is 0 Å². The molecule has 2 rings (SSSR count). The quantitative estimate of drug-likeness (QED) is 0.486. The van der Waals surface area contributed by atoms with Crippen molar-refractivity contribution in [2.75, 3.05) is 0 Å². The molecule has 9 heteroatoms. The number of nitrogens with zero attached hydrogens (tertiary/aromatic N) is 1. The van der Waals surface area contributed by atoms with Gasteiger partial charge in [-0.3, -0.25) is 19.7 Å². The summed E-state index contributed by atoms with van der Waals surface area (Å²) in [6.45, 7) is 0. The highest BCUT2D eigenvalue weighted by molar-refractivity contribution is 7.93. The number of fused-ring (bicyclic) bond motifs is 1. The van der Waals surface area contributed by atoms with Crippen molar-refractivity contribution in [3.05, 3.63) is 27.8 Å². The second kappa shape index (κ2) is 5.37. The number of rotatable bonds is 4. The Morgan fingerprint density at radius 1 is 1.55 bits per heavy atom. The molecule has 0 aliphatic carbocycles. The van der Waals surface area contributed by atoms with Gasteiger partial charge in [0.25, 0.3) is 11.9 Å². The molecule has 0 spiro atoms. The number of carboxylic acid groups (broad SMARTS) is 1. The average Bonchev–Trinajstić information content (AvgIpc) is 2.31. The molecule has 0 bridgehead atoms. The van der Waals surface area contributed by atoms with E-state index in [2.05, 4.69) is 0 Å². The molecule has 1 heterocycles. The van der Waals surface area contributed by atoms with Crippen LogP contribution in [0.5, 0.6) is 11.5 Å². The van der Waals surface area contributed by atoms with Crippen molar-refractivity contribution in [3.8, 4) is 11.5 Å². The lowest BCUT2D eigenvalue weighted by atomic mass is 9.98. The lowest BCUT2D eigenvalue weighted by molar-refractivity contribution is -0.284. The number of phenolic OH excluding ortho intramolecular Hbond substituents is 1. The number of Topliss-reactive ketones (excluding diaryl/α,β-unsaturated/α-hetero) is 1. The highest BCUT2D eigenvalue weighted by Crippen LogP contribution is 2.42. The van der Waals surface area contributed by atoms with Crippen LogP contribution in [0.15, 0.2) is 17.0 Å². The number of hydrogen-bond acceptors (Lipinski definition) is 7. The van der Waals surface area contributed by atoms with Crippen molar-refractivity contribution in [2.24, 2.45) is 0 Å². The first-order chi connectivity index (χ1) is 9.38. The Balaban J connectivity index is 2.43. The molecule has 0 saturated carbocycles. The van der Waals surface area contributed by atoms with Crippen molar-refractivity contribution >= 4 is 23.7 Å². The minimum Gasteiger partial charge on any atom is -0.507 e. The Morgan fingerprint density at radius 3 is 2.85 bits per heavy atom. The molecule has 1 atom stereocenters. The fraction of sp³-hybridized carbons (Fsp3) is 0.273. The van der Waals surface area contributed by atoms with Gasteiger partial charge in [0.15, 0.2) is 11.5 Å². The molecular weight excluding hydrogens is 290 g/mol. The first-order valence-electron chi connectivity index (χ1n) is 5.48. The molecule has 0 saturated heterocycles. The van der Waals surface area contributed by atoms with Gasteiger partial charge in [-0.1, -0.05) is 0 Å². The number of carboxylic acids is 1. The minimum atomic E-state index is -1.14. The number of hydrogen-bond donors (Lipinski definition) is 2. The molecule has 106 valence electrons. The highest BCUT2D eigenvalue weighted by atomic mass is 32.2. The zero-order chi connectivity index (χ0) is 14.9. The molecule has 20 heavy (non-hydrogen) atoms. The van der Waals surface area contributed by atoms with Crippen LogP contribution in [0.1, 0.15) is 23.2 Å². The predicted octanol–water partition coefficient (Wildman–Crippen LogP) is 1.48. The summed E-state index contributed by atoms with van der Waals surface area (Å²) in [7, 11) is 0. The largest absolute Gasteiger partial charge is 0.507 e. The third-order valence-corrected chi connectivity index (χ3v) is 3.32. The van der Waals surface area contributed by atoms with E-state index in [4.69, 9.17) is 9.84 Å². The summed E-state index contributed by atoms with van der Waals surface area (Å²) < 4.78 is 4.66. The van der Waals surface area contributed by atoms with Crippen LogP contribution in [0, 0.1) is 10.1 Å². The van der Waals surface area contributed by atoms with Gasteiger partial charge in [-0.05, 0) is 12.1 Å². The maximum Gasteiger partial charge on any atom is 0.307 e. The van der Waals surface area contributed by atoms with Crippen LogP contribution in [0.3, 0.4) is 0 Å². The minimum absolute atomic E-state index is 0.0474. The Labute approximate surface area is 116 Å². The Hall–Kier alpha value is -2.29. The second-order valence-corrected chi connectivity index (χ2v) is 4.99. The molecule has 0 radical (unpaired) electrons. The maximum atomic E-state index is 11.9. The van der Waals surface area contributed by atoms with Crippen LogP contribution < -0.4 is 4.74 Å². The van der Waals surface area contributed by atoms with E-state index in [-0.39, 0.29) is 40.3 Å². The normalized spacial score (nSPS) is 17.2. The Morgan fingerprint density at radius 2 is 2.25 bits per heavy atom. The van der Waals surface area contributed by atoms with E-state index >= 15 is 0 Å². The van der Waals surface area contributed by atoms with Gasteiger partial charge in [0, 0.05) is 6.42 Å². The molecule has 1 unspecified atom stereocenters. The van der Waals surface area contributed by atoms with Gasteiger partial charge in [-0.25, -0.2) is 0 Å². The van der Waals surface area contributed by atoms with E-state index in [1.165, 1.54) is 12.1 Å². The van der Waals surface area contributed by atoms with Crippen molar-refractivity contribution in [2.45, 2.75) is 23.8 Å². The van der Waals surface area contributed by atoms with E-state index in [0.717, 1.165) is 0 Å². The van der Waals surface area contributed by atoms with Crippen molar-refractivity contribution in [1.82, 2.24) is 0 Å². The molecule has 0 fully saturated rings. The number of aliphatic carboxylic acids is 1. The molecule has 0 aromatic heterocycles. The molecule has 1 aromatic carbocycles. The standard InChI is InChI=1S/C11H9NO7S/c13-6-1-2-8(20-12(17)18)11-10(6)7(14)3-5(19-11)4-9(15)16/h1-2,5,13H,3-4H2,(H,15,16). The lowest BCUT2D eigenvalue weighted by Gasteiger charge is -2.25. The number of ketones is 1. The van der Waals surface area contributed by atoms with E-state index < -0.39 is 28.6 Å². The summed E-state index contributed by atoms with van der Waals surface area (Å²) in [6.07, 6.45) is -1.50. The molecule has 1 aliphatic rings. The van der Waals surface area contributed by atoms with Gasteiger partial charge >= 0.3 is 5.97 Å². The molecule has 1 aromatic rings. The zero-order valence-corrected chi connectivity index (χ0v) is 10.8. The van der Waals surface area contributed by atoms with E-state index in [1.54, 1.807) is 0 Å². The average molecular weight is 299 g/mol. The van der Waals surface area contributed by atoms with Gasteiger partial charge < -0.3 is 14.9 Å². The Bertz CT molecular complexity index is 601. The van der Waals surface area contributed by atoms with E-state index in [9.17, 15) is 24.8 Å². The number of nitro groups is 1. The van der Waals surface area contributed by atoms with Crippen molar-refractivity contribution in [3.63, 3.8) is 0 Å². The monoisotopic (exact) mass is 299 g/mol. The Kier molecular flexibility index (Phi) is 3.79. The topological polar surface area (TPSA) is 127 Å². The van der Waals surface area contributed by atoms with E-state index in [1.807, 2.05) is 0 Å². The SMILES string of the molecule is O=C(O)CC1CC(=O)c2c(O)ccc(S[N+](=O)[O-])c2O1. The highest BCUT2D eigenvalue weighted by Gasteiger charge is 2.33. The summed E-state index contributed by atoms with van der Waals surface area (Å²) in [6, 6.07) is 2.42. The number of carbonyl (C=O) groups is 2. The van der Waals surface area contributed by atoms with Crippen LogP contribution in [-0.4, -0.2) is 32.4 Å². The molecule has 2 N–H and O–H groups in total. The van der Waals surface area contributed by atoms with E-state index in [0.29, 0.717) is 0 Å². The molecule has 1 aliphatic heterocycles. The summed E-state index contributed by atoms with van der Waals surface area (Å²) in [5, 5.41) is 28.9. The summed E-state index contributed by atoms with van der Waals surface area (Å²) in [5.74, 6) is -2.11. The fourth-order valence-corrected chi connectivity index (χ4v) is 2.44. The van der Waals surface area contributed by atoms with Crippen LogP contribution in [0.25, 0.3) is 0 Å². The third-order valence-electron chi connectivity index (χ3n) is 2.65. The smallest absolute Gasteiger partial charge is 0.307 e. The maximum absolute atomic E-state index is 11.9. The number of benzene rings is 1. The molecule has 0 amide bonds. The number of phenols is 1. The second-order valence-electron chi connectivity index (χ2n) is 4.07. The molecular formula is C11H9NO7S. The van der Waals surface area contributed by atoms with Gasteiger partial charge in [0.1, 0.15) is 26.6 Å². The third kappa shape index (κ3) is 2.82. The van der Waals surface area contributed by atoms with Crippen molar-refractivity contribution < 1.29 is 28.9 Å². The van der Waals surface area contributed by atoms with Crippen LogP contribution in [0.4, 0.5) is 0 Å². The van der Waals surface area contributed by atoms with Crippen LogP contribution in [-0.2, 0) is 4.79 Å². The number of ether oxygens (including phenoxy) is 1. The van der Waals surface area contributed by atoms with Gasteiger partial charge in [0.05, 0.1) is 6.42 Å². The van der Waals surface area contributed by atoms with Gasteiger partial charge in [-0.2, -0.15) is 0 Å². The lowest BCUT2D eigenvalue weighted by Crippen LogP contribution is -2.29. The van der Waals surface area contributed by atoms with Gasteiger partial charge in [0.2, 0.25) is 0 Å². The summed E-state index contributed by atoms with van der Waals surface area (Å²) in [4.78, 5) is 33.2. The summed E-state index contributed by atoms with van der Waals surface area (Å²) >= 11 is 0.231. The predicted molar refractivity (Wildman–Crippen MR) is 66.6 cm³/mol. The first kappa shape index (κ1) is 14.1. The fourth-order valence-electron chi connectivity index (χ4n) is 1.92. The number of carbonyl (C=O) groups excluding carboxylic acids is 1.